The Bertz CT molecular complexity index is 549. The molecule has 21 heavy (non-hydrogen) atoms. The van der Waals surface area contributed by atoms with Gasteiger partial charge in [0.15, 0.2) is 0 Å². The Morgan fingerprint density at radius 2 is 1.67 bits per heavy atom. The highest BCUT2D eigenvalue weighted by molar-refractivity contribution is 5.29. The van der Waals surface area contributed by atoms with E-state index >= 15 is 0 Å². The van der Waals surface area contributed by atoms with Crippen molar-refractivity contribution in [2.24, 2.45) is 11.1 Å². The van der Waals surface area contributed by atoms with Crippen molar-refractivity contribution in [3.8, 4) is 5.75 Å². The van der Waals surface area contributed by atoms with Crippen molar-refractivity contribution in [2.75, 3.05) is 6.54 Å². The molecule has 2 rings (SSSR count). The summed E-state index contributed by atoms with van der Waals surface area (Å²) in [6.07, 6.45) is -0.578. The predicted molar refractivity (Wildman–Crippen MR) is 85.0 cm³/mol. The Balaban J connectivity index is 1.99. The number of ether oxygens (including phenoxy) is 1. The van der Waals surface area contributed by atoms with E-state index in [-0.39, 0.29) is 5.41 Å². The molecule has 3 nitrogen and oxygen atoms in total. The third-order valence-corrected chi connectivity index (χ3v) is 3.71. The van der Waals surface area contributed by atoms with Gasteiger partial charge in [0.2, 0.25) is 0 Å². The van der Waals surface area contributed by atoms with Gasteiger partial charge in [0.1, 0.15) is 12.4 Å². The van der Waals surface area contributed by atoms with Crippen LogP contribution in [0.5, 0.6) is 5.75 Å². The van der Waals surface area contributed by atoms with Crippen LogP contribution in [0.15, 0.2) is 54.6 Å². The van der Waals surface area contributed by atoms with Crippen LogP contribution >= 0.6 is 0 Å². The number of hydrogen-bond donors (Lipinski definition) is 2. The van der Waals surface area contributed by atoms with E-state index in [9.17, 15) is 5.11 Å². The number of rotatable bonds is 6. The summed E-state index contributed by atoms with van der Waals surface area (Å²) in [5, 5.41) is 10.3. The van der Waals surface area contributed by atoms with Crippen molar-refractivity contribution >= 4 is 0 Å². The average Bonchev–Trinajstić information content (AvgIpc) is 2.53. The van der Waals surface area contributed by atoms with Crippen molar-refractivity contribution in [2.45, 2.75) is 26.6 Å². The van der Waals surface area contributed by atoms with Crippen molar-refractivity contribution < 1.29 is 9.84 Å². The van der Waals surface area contributed by atoms with Gasteiger partial charge in [0, 0.05) is 12.0 Å². The molecule has 0 aliphatic carbocycles. The van der Waals surface area contributed by atoms with Crippen LogP contribution in [-0.4, -0.2) is 11.7 Å². The maximum atomic E-state index is 10.3. The van der Waals surface area contributed by atoms with Crippen LogP contribution in [0.4, 0.5) is 0 Å². The van der Waals surface area contributed by atoms with Gasteiger partial charge in [0.05, 0.1) is 6.10 Å². The van der Waals surface area contributed by atoms with E-state index in [4.69, 9.17) is 10.5 Å². The van der Waals surface area contributed by atoms with Crippen LogP contribution in [0.25, 0.3) is 0 Å². The van der Waals surface area contributed by atoms with Crippen LogP contribution in [0, 0.1) is 5.41 Å². The zero-order valence-corrected chi connectivity index (χ0v) is 12.6. The van der Waals surface area contributed by atoms with E-state index < -0.39 is 6.10 Å². The molecule has 0 fully saturated rings. The van der Waals surface area contributed by atoms with Crippen molar-refractivity contribution in [1.82, 2.24) is 0 Å². The van der Waals surface area contributed by atoms with Gasteiger partial charge < -0.3 is 15.6 Å². The molecule has 3 heteroatoms. The van der Waals surface area contributed by atoms with Gasteiger partial charge >= 0.3 is 0 Å². The van der Waals surface area contributed by atoms with Crippen molar-refractivity contribution in [3.05, 3.63) is 65.7 Å². The lowest BCUT2D eigenvalue weighted by molar-refractivity contribution is 0.0555. The summed E-state index contributed by atoms with van der Waals surface area (Å²) in [5.41, 5.74) is 7.35. The summed E-state index contributed by atoms with van der Waals surface area (Å²) >= 11 is 0. The lowest BCUT2D eigenvalue weighted by atomic mass is 9.83. The van der Waals surface area contributed by atoms with Gasteiger partial charge in [-0.2, -0.15) is 0 Å². The third-order valence-electron chi connectivity index (χ3n) is 3.71. The highest BCUT2D eigenvalue weighted by Gasteiger charge is 2.27. The molecule has 0 spiro atoms. The maximum absolute atomic E-state index is 10.3. The average molecular weight is 285 g/mol. The molecule has 0 amide bonds. The van der Waals surface area contributed by atoms with E-state index in [0.29, 0.717) is 13.2 Å². The standard InChI is InChI=1S/C18H23NO2/c1-18(2,13-19)17(20)15-8-10-16(11-9-15)21-12-14-6-4-3-5-7-14/h3-11,17,20H,12-13,19H2,1-2H3. The van der Waals surface area contributed by atoms with Crippen LogP contribution in [0.3, 0.4) is 0 Å². The monoisotopic (exact) mass is 285 g/mol. The minimum atomic E-state index is -0.578. The molecule has 0 bridgehead atoms. The number of aliphatic hydroxyl groups is 1. The Labute approximate surface area is 126 Å². The molecule has 0 saturated heterocycles. The molecule has 2 aromatic rings. The Morgan fingerprint density at radius 3 is 2.24 bits per heavy atom. The number of benzene rings is 2. The molecule has 1 atom stereocenters. The van der Waals surface area contributed by atoms with E-state index in [1.165, 1.54) is 0 Å². The summed E-state index contributed by atoms with van der Waals surface area (Å²) in [5.74, 6) is 0.792. The van der Waals surface area contributed by atoms with Gasteiger partial charge in [-0.3, -0.25) is 0 Å². The minimum Gasteiger partial charge on any atom is -0.489 e. The first-order valence-electron chi connectivity index (χ1n) is 7.18. The molecule has 0 aliphatic heterocycles. The van der Waals surface area contributed by atoms with E-state index in [1.54, 1.807) is 0 Å². The molecule has 1 unspecified atom stereocenters. The SMILES string of the molecule is CC(C)(CN)C(O)c1ccc(OCc2ccccc2)cc1. The molecular weight excluding hydrogens is 262 g/mol. The zero-order valence-electron chi connectivity index (χ0n) is 12.6. The second-order valence-corrected chi connectivity index (χ2v) is 5.94. The summed E-state index contributed by atoms with van der Waals surface area (Å²) in [6, 6.07) is 17.6. The lowest BCUT2D eigenvalue weighted by Crippen LogP contribution is -2.30. The molecule has 0 radical (unpaired) electrons. The van der Waals surface area contributed by atoms with Crippen LogP contribution in [0.2, 0.25) is 0 Å². The quantitative estimate of drug-likeness (QED) is 0.856. The second-order valence-electron chi connectivity index (χ2n) is 5.94. The van der Waals surface area contributed by atoms with Gasteiger partial charge in [-0.05, 0) is 23.3 Å². The fourth-order valence-corrected chi connectivity index (χ4v) is 2.05. The smallest absolute Gasteiger partial charge is 0.119 e. The molecule has 0 aliphatic rings. The first-order chi connectivity index (χ1) is 10.0. The number of aliphatic hydroxyl groups excluding tert-OH is 1. The first kappa shape index (κ1) is 15.5. The van der Waals surface area contributed by atoms with E-state index in [2.05, 4.69) is 0 Å². The first-order valence-corrected chi connectivity index (χ1v) is 7.18. The Hall–Kier alpha value is -1.84. The predicted octanol–water partition coefficient (Wildman–Crippen LogP) is 3.28. The van der Waals surface area contributed by atoms with Crippen LogP contribution < -0.4 is 10.5 Å². The summed E-state index contributed by atoms with van der Waals surface area (Å²) in [7, 11) is 0. The number of hydrogen-bond acceptors (Lipinski definition) is 3. The second kappa shape index (κ2) is 6.74. The normalized spacial score (nSPS) is 13.0. The summed E-state index contributed by atoms with van der Waals surface area (Å²) in [4.78, 5) is 0. The molecule has 112 valence electrons. The fraction of sp³-hybridized carbons (Fsp3) is 0.333. The van der Waals surface area contributed by atoms with Gasteiger partial charge in [0.25, 0.3) is 0 Å². The third kappa shape index (κ3) is 4.06. The summed E-state index contributed by atoms with van der Waals surface area (Å²) in [6.45, 7) is 4.88. The highest BCUT2D eigenvalue weighted by atomic mass is 16.5. The zero-order chi connectivity index (χ0) is 15.3. The van der Waals surface area contributed by atoms with Crippen LogP contribution in [0.1, 0.15) is 31.1 Å². The van der Waals surface area contributed by atoms with E-state index in [1.807, 2.05) is 68.4 Å². The Morgan fingerprint density at radius 1 is 1.05 bits per heavy atom. The van der Waals surface area contributed by atoms with E-state index in [0.717, 1.165) is 16.9 Å². The molecule has 0 heterocycles. The molecule has 0 aromatic heterocycles. The van der Waals surface area contributed by atoms with Crippen molar-refractivity contribution in [3.63, 3.8) is 0 Å². The largest absolute Gasteiger partial charge is 0.489 e. The maximum Gasteiger partial charge on any atom is 0.119 e. The Kier molecular flexibility index (Phi) is 4.99. The minimum absolute atomic E-state index is 0.341. The van der Waals surface area contributed by atoms with Crippen molar-refractivity contribution in [1.29, 1.82) is 0 Å². The van der Waals surface area contributed by atoms with Gasteiger partial charge in [-0.1, -0.05) is 56.3 Å². The topological polar surface area (TPSA) is 55.5 Å². The fourth-order valence-electron chi connectivity index (χ4n) is 2.05. The molecule has 3 N–H and O–H groups in total. The molecule has 2 aromatic carbocycles. The number of nitrogens with two attached hydrogens (primary N) is 1. The van der Waals surface area contributed by atoms with Gasteiger partial charge in [-0.15, -0.1) is 0 Å². The highest BCUT2D eigenvalue weighted by Crippen LogP contribution is 2.32. The van der Waals surface area contributed by atoms with Crippen LogP contribution in [-0.2, 0) is 6.61 Å². The lowest BCUT2D eigenvalue weighted by Gasteiger charge is -2.29. The molecular formula is C18H23NO2. The summed E-state index contributed by atoms with van der Waals surface area (Å²) < 4.78 is 5.73. The van der Waals surface area contributed by atoms with Gasteiger partial charge in [-0.25, -0.2) is 0 Å². The molecule has 0 saturated carbocycles.